The monoisotopic (exact) mass is 475 g/mol. The molecule has 2 aromatic carbocycles. The van der Waals surface area contributed by atoms with Gasteiger partial charge in [0.05, 0.1) is 24.0 Å². The molecule has 2 aromatic heterocycles. The topological polar surface area (TPSA) is 115 Å². The maximum Gasteiger partial charge on any atom is 0.337 e. The van der Waals surface area contributed by atoms with Gasteiger partial charge in [0.1, 0.15) is 0 Å². The third-order valence-corrected chi connectivity index (χ3v) is 5.77. The molecule has 0 atom stereocenters. The van der Waals surface area contributed by atoms with Crippen molar-refractivity contribution in [1.29, 1.82) is 0 Å². The molecule has 0 unspecified atom stereocenters. The van der Waals surface area contributed by atoms with Crippen LogP contribution < -0.4 is 10.6 Å². The molecular formula is C24H21N5O4S. The molecule has 0 spiro atoms. The summed E-state index contributed by atoms with van der Waals surface area (Å²) in [5.74, 6) is -0.871. The van der Waals surface area contributed by atoms with E-state index in [4.69, 9.17) is 0 Å². The van der Waals surface area contributed by atoms with Crippen LogP contribution in [0.5, 0.6) is 0 Å². The first kappa shape index (κ1) is 23.0. The van der Waals surface area contributed by atoms with Gasteiger partial charge >= 0.3 is 5.97 Å². The van der Waals surface area contributed by atoms with Gasteiger partial charge in [0.25, 0.3) is 5.91 Å². The number of carbonyl (C=O) groups is 3. The fourth-order valence-corrected chi connectivity index (χ4v) is 3.88. The first-order valence-corrected chi connectivity index (χ1v) is 11.3. The molecule has 9 nitrogen and oxygen atoms in total. The van der Waals surface area contributed by atoms with Crippen LogP contribution in [0.25, 0.3) is 5.65 Å². The molecule has 34 heavy (non-hydrogen) atoms. The lowest BCUT2D eigenvalue weighted by Gasteiger charge is -2.07. The second-order valence-corrected chi connectivity index (χ2v) is 8.30. The van der Waals surface area contributed by atoms with Gasteiger partial charge in [-0.2, -0.15) is 0 Å². The van der Waals surface area contributed by atoms with Gasteiger partial charge in [-0.15, -0.1) is 10.2 Å². The van der Waals surface area contributed by atoms with Crippen molar-refractivity contribution in [3.63, 3.8) is 0 Å². The maximum absolute atomic E-state index is 12.7. The maximum atomic E-state index is 12.7. The van der Waals surface area contributed by atoms with E-state index in [1.54, 1.807) is 47.0 Å². The van der Waals surface area contributed by atoms with Crippen LogP contribution in [0.2, 0.25) is 0 Å². The molecule has 0 aliphatic heterocycles. The summed E-state index contributed by atoms with van der Waals surface area (Å²) >= 11 is 1.19. The van der Waals surface area contributed by atoms with Crippen LogP contribution in [0.15, 0.2) is 72.0 Å². The standard InChI is InChI=1S/C24H21N5O4S/c1-15-4-3-5-19(12-15)26-22(31)17-8-11-20-27-28-24(29(20)13-17)34-14-21(30)25-18-9-6-16(7-10-18)23(32)33-2/h3-13H,14H2,1-2H3,(H,25,30)(H,26,31). The zero-order chi connectivity index (χ0) is 24.1. The molecule has 4 aromatic rings. The average molecular weight is 476 g/mol. The number of methoxy groups -OCH3 is 1. The number of nitrogens with one attached hydrogen (secondary N) is 2. The molecule has 0 saturated carbocycles. The van der Waals surface area contributed by atoms with Gasteiger partial charge in [-0.1, -0.05) is 23.9 Å². The van der Waals surface area contributed by atoms with Gasteiger partial charge in [0, 0.05) is 17.6 Å². The molecule has 2 heterocycles. The van der Waals surface area contributed by atoms with E-state index in [0.717, 1.165) is 5.56 Å². The summed E-state index contributed by atoms with van der Waals surface area (Å²) in [6, 6.07) is 17.3. The highest BCUT2D eigenvalue weighted by molar-refractivity contribution is 7.99. The second kappa shape index (κ2) is 10.2. The minimum Gasteiger partial charge on any atom is -0.465 e. The van der Waals surface area contributed by atoms with E-state index in [1.165, 1.54) is 18.9 Å². The summed E-state index contributed by atoms with van der Waals surface area (Å²) < 4.78 is 6.33. The van der Waals surface area contributed by atoms with Crippen LogP contribution in [-0.2, 0) is 9.53 Å². The van der Waals surface area contributed by atoms with Gasteiger partial charge in [0.2, 0.25) is 5.91 Å². The number of hydrogen-bond acceptors (Lipinski definition) is 7. The van der Waals surface area contributed by atoms with E-state index < -0.39 is 5.97 Å². The summed E-state index contributed by atoms with van der Waals surface area (Å²) in [7, 11) is 1.31. The number of esters is 1. The number of carbonyl (C=O) groups excluding carboxylic acids is 3. The lowest BCUT2D eigenvalue weighted by molar-refractivity contribution is -0.113. The third kappa shape index (κ3) is 5.41. The lowest BCUT2D eigenvalue weighted by atomic mass is 10.2. The van der Waals surface area contributed by atoms with Gasteiger partial charge in [-0.3, -0.25) is 14.0 Å². The van der Waals surface area contributed by atoms with E-state index in [2.05, 4.69) is 25.6 Å². The van der Waals surface area contributed by atoms with E-state index in [-0.39, 0.29) is 17.6 Å². The smallest absolute Gasteiger partial charge is 0.337 e. The number of aryl methyl sites for hydroxylation is 1. The van der Waals surface area contributed by atoms with Crippen molar-refractivity contribution in [2.45, 2.75) is 12.1 Å². The van der Waals surface area contributed by atoms with Gasteiger partial charge in [-0.25, -0.2) is 4.79 Å². The Kier molecular flexibility index (Phi) is 6.88. The van der Waals surface area contributed by atoms with E-state index in [9.17, 15) is 14.4 Å². The third-order valence-electron chi connectivity index (χ3n) is 4.83. The summed E-state index contributed by atoms with van der Waals surface area (Å²) in [6.45, 7) is 1.95. The Morgan fingerprint density at radius 1 is 0.941 bits per heavy atom. The van der Waals surface area contributed by atoms with Crippen LogP contribution >= 0.6 is 11.8 Å². The molecule has 10 heteroatoms. The number of amides is 2. The molecule has 0 fully saturated rings. The highest BCUT2D eigenvalue weighted by Gasteiger charge is 2.13. The Morgan fingerprint density at radius 3 is 2.44 bits per heavy atom. The number of benzene rings is 2. The Labute approximate surface area is 199 Å². The predicted octanol–water partition coefficient (Wildman–Crippen LogP) is 3.81. The van der Waals surface area contributed by atoms with Gasteiger partial charge in [-0.05, 0) is 61.0 Å². The normalized spacial score (nSPS) is 10.6. The highest BCUT2D eigenvalue weighted by Crippen LogP contribution is 2.19. The molecule has 0 radical (unpaired) electrons. The predicted molar refractivity (Wildman–Crippen MR) is 129 cm³/mol. The molecule has 2 N–H and O–H groups in total. The van der Waals surface area contributed by atoms with Gasteiger partial charge in [0.15, 0.2) is 10.8 Å². The second-order valence-electron chi connectivity index (χ2n) is 7.36. The summed E-state index contributed by atoms with van der Waals surface area (Å²) in [6.07, 6.45) is 1.65. The van der Waals surface area contributed by atoms with Crippen molar-refractivity contribution in [3.8, 4) is 0 Å². The van der Waals surface area contributed by atoms with Crippen molar-refractivity contribution in [2.75, 3.05) is 23.5 Å². The fourth-order valence-electron chi connectivity index (χ4n) is 3.16. The van der Waals surface area contributed by atoms with E-state index in [0.29, 0.717) is 33.3 Å². The first-order valence-electron chi connectivity index (χ1n) is 10.3. The van der Waals surface area contributed by atoms with Crippen LogP contribution in [0.4, 0.5) is 11.4 Å². The van der Waals surface area contributed by atoms with Crippen LogP contribution in [0, 0.1) is 6.92 Å². The number of aromatic nitrogens is 3. The van der Waals surface area contributed by atoms with Crippen molar-refractivity contribution >= 4 is 46.6 Å². The summed E-state index contributed by atoms with van der Waals surface area (Å²) in [5, 5.41) is 14.3. The Bertz CT molecular complexity index is 1370. The average Bonchev–Trinajstić information content (AvgIpc) is 3.25. The molecule has 0 bridgehead atoms. The molecule has 4 rings (SSSR count). The molecular weight excluding hydrogens is 454 g/mol. The highest BCUT2D eigenvalue weighted by atomic mass is 32.2. The van der Waals surface area contributed by atoms with E-state index >= 15 is 0 Å². The number of nitrogens with zero attached hydrogens (tertiary/aromatic N) is 3. The number of rotatable bonds is 7. The number of fused-ring (bicyclic) bond motifs is 1. The van der Waals surface area contributed by atoms with Crippen LogP contribution in [0.3, 0.4) is 0 Å². The van der Waals surface area contributed by atoms with Crippen LogP contribution in [0.1, 0.15) is 26.3 Å². The number of anilines is 2. The SMILES string of the molecule is COC(=O)c1ccc(NC(=O)CSc2nnc3ccc(C(=O)Nc4cccc(C)c4)cn23)cc1. The first-order chi connectivity index (χ1) is 16.4. The molecule has 0 aliphatic carbocycles. The molecule has 0 saturated heterocycles. The van der Waals surface area contributed by atoms with Crippen molar-refractivity contribution < 1.29 is 19.1 Å². The Balaban J connectivity index is 1.40. The lowest BCUT2D eigenvalue weighted by Crippen LogP contribution is -2.15. The van der Waals surface area contributed by atoms with Crippen molar-refractivity contribution in [3.05, 3.63) is 83.6 Å². The number of hydrogen-bond donors (Lipinski definition) is 2. The molecule has 2 amide bonds. The quantitative estimate of drug-likeness (QED) is 0.309. The molecule has 0 aliphatic rings. The molecule has 172 valence electrons. The zero-order valence-corrected chi connectivity index (χ0v) is 19.3. The van der Waals surface area contributed by atoms with Crippen LogP contribution in [-0.4, -0.2) is 45.2 Å². The summed E-state index contributed by atoms with van der Waals surface area (Å²) in [5.41, 5.74) is 3.70. The van der Waals surface area contributed by atoms with Crippen molar-refractivity contribution in [2.24, 2.45) is 0 Å². The number of ether oxygens (including phenoxy) is 1. The van der Waals surface area contributed by atoms with Crippen molar-refractivity contribution in [1.82, 2.24) is 14.6 Å². The Morgan fingerprint density at radius 2 is 1.71 bits per heavy atom. The fraction of sp³-hybridized carbons (Fsp3) is 0.125. The number of pyridine rings is 1. The summed E-state index contributed by atoms with van der Waals surface area (Å²) in [4.78, 5) is 36.6. The van der Waals surface area contributed by atoms with E-state index in [1.807, 2.05) is 31.2 Å². The number of thioether (sulfide) groups is 1. The largest absolute Gasteiger partial charge is 0.465 e. The Hall–Kier alpha value is -4.18. The minimum absolute atomic E-state index is 0.0826. The zero-order valence-electron chi connectivity index (χ0n) is 18.4. The van der Waals surface area contributed by atoms with Gasteiger partial charge < -0.3 is 15.4 Å². The minimum atomic E-state index is -0.445.